The Morgan fingerprint density at radius 3 is 2.36 bits per heavy atom. The van der Waals surface area contributed by atoms with Gasteiger partial charge in [-0.1, -0.05) is 19.9 Å². The first kappa shape index (κ1) is 10.2. The monoisotopic (exact) mass is 152 g/mol. The van der Waals surface area contributed by atoms with E-state index in [2.05, 4.69) is 31.4 Å². The lowest BCUT2D eigenvalue weighted by Crippen LogP contribution is -2.33. The Morgan fingerprint density at radius 1 is 1.55 bits per heavy atom. The highest BCUT2D eigenvalue weighted by molar-refractivity contribution is 4.95. The molecule has 1 unspecified atom stereocenters. The normalized spacial score (nSPS) is 12.5. The van der Waals surface area contributed by atoms with Crippen molar-refractivity contribution in [2.45, 2.75) is 26.3 Å². The fourth-order valence-corrected chi connectivity index (χ4v) is 1.11. The average molecular weight is 152 g/mol. The summed E-state index contributed by atoms with van der Waals surface area (Å²) in [5.74, 6) is 0. The van der Waals surface area contributed by atoms with Crippen LogP contribution in [0.25, 0.3) is 0 Å². The minimum absolute atomic E-state index is 0.0162. The van der Waals surface area contributed by atoms with Crippen molar-refractivity contribution < 1.29 is 0 Å². The maximum absolute atomic E-state index is 8.75. The predicted octanol–water partition coefficient (Wildman–Crippen LogP) is 1.80. The second-order valence-corrected chi connectivity index (χ2v) is 2.39. The minimum Gasteiger partial charge on any atom is -0.288 e. The van der Waals surface area contributed by atoms with Gasteiger partial charge >= 0.3 is 0 Å². The molecule has 0 fully saturated rings. The summed E-state index contributed by atoms with van der Waals surface area (Å²) < 4.78 is 0. The molecule has 0 bridgehead atoms. The number of hydrogen-bond acceptors (Lipinski definition) is 2. The quantitative estimate of drug-likeness (QED) is 0.562. The first-order valence-corrected chi connectivity index (χ1v) is 4.04. The van der Waals surface area contributed by atoms with Crippen LogP contribution in [0.5, 0.6) is 0 Å². The van der Waals surface area contributed by atoms with E-state index < -0.39 is 0 Å². The van der Waals surface area contributed by atoms with Crippen LogP contribution >= 0.6 is 0 Å². The molecule has 11 heavy (non-hydrogen) atoms. The number of nitrogens with zero attached hydrogens (tertiary/aromatic N) is 2. The van der Waals surface area contributed by atoms with Crippen molar-refractivity contribution in [3.8, 4) is 6.07 Å². The summed E-state index contributed by atoms with van der Waals surface area (Å²) in [6, 6.07) is 2.28. The van der Waals surface area contributed by atoms with Gasteiger partial charge in [0.2, 0.25) is 0 Å². The molecule has 0 N–H and O–H groups in total. The minimum atomic E-state index is 0.0162. The molecular weight excluding hydrogens is 136 g/mol. The number of nitriles is 1. The topological polar surface area (TPSA) is 27.0 Å². The first-order valence-electron chi connectivity index (χ1n) is 4.04. The summed E-state index contributed by atoms with van der Waals surface area (Å²) in [4.78, 5) is 2.13. The molecule has 0 aromatic heterocycles. The fraction of sp³-hybridized carbons (Fsp3) is 0.667. The van der Waals surface area contributed by atoms with E-state index in [1.165, 1.54) is 0 Å². The molecule has 1 atom stereocenters. The highest BCUT2D eigenvalue weighted by Gasteiger charge is 2.11. The second kappa shape index (κ2) is 5.94. The highest BCUT2D eigenvalue weighted by atomic mass is 15.1. The maximum Gasteiger partial charge on any atom is 0.101 e. The molecule has 0 spiro atoms. The van der Waals surface area contributed by atoms with E-state index in [1.807, 2.05) is 0 Å². The van der Waals surface area contributed by atoms with Crippen LogP contribution in [0.2, 0.25) is 0 Å². The molecule has 0 aliphatic rings. The fourth-order valence-electron chi connectivity index (χ4n) is 1.11. The van der Waals surface area contributed by atoms with Crippen molar-refractivity contribution in [3.05, 3.63) is 12.7 Å². The van der Waals surface area contributed by atoms with Crippen molar-refractivity contribution >= 4 is 0 Å². The van der Waals surface area contributed by atoms with Crippen molar-refractivity contribution in [3.63, 3.8) is 0 Å². The molecule has 0 aliphatic carbocycles. The summed E-state index contributed by atoms with van der Waals surface area (Å²) in [7, 11) is 0. The van der Waals surface area contributed by atoms with Crippen LogP contribution < -0.4 is 0 Å². The third kappa shape index (κ3) is 3.20. The standard InChI is InChI=1S/C9H16N2/c1-4-7-9(8-10)11(5-2)6-3/h4,9H,1,5-7H2,2-3H3. The van der Waals surface area contributed by atoms with Gasteiger partial charge in [-0.25, -0.2) is 0 Å². The van der Waals surface area contributed by atoms with Crippen LogP contribution in [-0.4, -0.2) is 24.0 Å². The largest absolute Gasteiger partial charge is 0.288 e. The molecule has 0 rings (SSSR count). The van der Waals surface area contributed by atoms with Gasteiger partial charge in [-0.2, -0.15) is 5.26 Å². The molecule has 2 nitrogen and oxygen atoms in total. The van der Waals surface area contributed by atoms with Crippen molar-refractivity contribution in [2.75, 3.05) is 13.1 Å². The SMILES string of the molecule is C=CCC(C#N)N(CC)CC. The molecule has 0 aliphatic heterocycles. The summed E-state index contributed by atoms with van der Waals surface area (Å²) in [5.41, 5.74) is 0. The summed E-state index contributed by atoms with van der Waals surface area (Å²) in [6.07, 6.45) is 2.56. The first-order chi connectivity index (χ1) is 5.29. The van der Waals surface area contributed by atoms with Crippen LogP contribution in [0, 0.1) is 11.3 Å². The molecular formula is C9H16N2. The Morgan fingerprint density at radius 2 is 2.09 bits per heavy atom. The Balaban J connectivity index is 3.99. The third-order valence-corrected chi connectivity index (χ3v) is 1.79. The van der Waals surface area contributed by atoms with E-state index in [9.17, 15) is 0 Å². The zero-order valence-corrected chi connectivity index (χ0v) is 7.38. The predicted molar refractivity (Wildman–Crippen MR) is 47.1 cm³/mol. The molecule has 0 aromatic carbocycles. The Bertz CT molecular complexity index is 142. The molecule has 0 aromatic rings. The van der Waals surface area contributed by atoms with Gasteiger partial charge in [0.25, 0.3) is 0 Å². The third-order valence-electron chi connectivity index (χ3n) is 1.79. The van der Waals surface area contributed by atoms with Crippen molar-refractivity contribution in [1.82, 2.24) is 4.90 Å². The van der Waals surface area contributed by atoms with Gasteiger partial charge in [0.05, 0.1) is 6.07 Å². The van der Waals surface area contributed by atoms with Gasteiger partial charge in [-0.3, -0.25) is 4.90 Å². The van der Waals surface area contributed by atoms with Crippen LogP contribution in [0.15, 0.2) is 12.7 Å². The second-order valence-electron chi connectivity index (χ2n) is 2.39. The summed E-state index contributed by atoms with van der Waals surface area (Å²) in [6.45, 7) is 9.62. The van der Waals surface area contributed by atoms with E-state index >= 15 is 0 Å². The molecule has 0 radical (unpaired) electrons. The van der Waals surface area contributed by atoms with Gasteiger partial charge in [-0.15, -0.1) is 6.58 Å². The number of hydrogen-bond donors (Lipinski definition) is 0. The van der Waals surface area contributed by atoms with E-state index in [-0.39, 0.29) is 6.04 Å². The Labute approximate surface area is 69.1 Å². The smallest absolute Gasteiger partial charge is 0.101 e. The molecule has 0 saturated carbocycles. The van der Waals surface area contributed by atoms with Gasteiger partial charge in [0, 0.05) is 0 Å². The lowest BCUT2D eigenvalue weighted by atomic mass is 10.2. The van der Waals surface area contributed by atoms with Gasteiger partial charge in [0.1, 0.15) is 6.04 Å². The van der Waals surface area contributed by atoms with Crippen LogP contribution in [0.4, 0.5) is 0 Å². The molecule has 0 heterocycles. The maximum atomic E-state index is 8.75. The molecule has 0 amide bonds. The average Bonchev–Trinajstić information content (AvgIpc) is 2.05. The summed E-state index contributed by atoms with van der Waals surface area (Å²) in [5, 5.41) is 8.75. The Kier molecular flexibility index (Phi) is 5.50. The Hall–Kier alpha value is -0.810. The van der Waals surface area contributed by atoms with Crippen LogP contribution in [0.1, 0.15) is 20.3 Å². The van der Waals surface area contributed by atoms with Gasteiger partial charge in [-0.05, 0) is 19.5 Å². The van der Waals surface area contributed by atoms with E-state index in [0.29, 0.717) is 0 Å². The van der Waals surface area contributed by atoms with Crippen molar-refractivity contribution in [1.29, 1.82) is 5.26 Å². The van der Waals surface area contributed by atoms with Crippen LogP contribution in [-0.2, 0) is 0 Å². The number of rotatable bonds is 5. The molecule has 2 heteroatoms. The summed E-state index contributed by atoms with van der Waals surface area (Å²) >= 11 is 0. The van der Waals surface area contributed by atoms with Gasteiger partial charge in [0.15, 0.2) is 0 Å². The lowest BCUT2D eigenvalue weighted by Gasteiger charge is -2.22. The van der Waals surface area contributed by atoms with E-state index in [0.717, 1.165) is 19.5 Å². The zero-order valence-electron chi connectivity index (χ0n) is 7.38. The molecule has 0 saturated heterocycles. The highest BCUT2D eigenvalue weighted by Crippen LogP contribution is 2.02. The van der Waals surface area contributed by atoms with E-state index in [4.69, 9.17) is 5.26 Å². The van der Waals surface area contributed by atoms with Gasteiger partial charge < -0.3 is 0 Å². The van der Waals surface area contributed by atoms with Crippen molar-refractivity contribution in [2.24, 2.45) is 0 Å². The zero-order chi connectivity index (χ0) is 8.69. The lowest BCUT2D eigenvalue weighted by molar-refractivity contribution is 0.260. The molecule has 62 valence electrons. The van der Waals surface area contributed by atoms with E-state index in [1.54, 1.807) is 6.08 Å². The van der Waals surface area contributed by atoms with Crippen LogP contribution in [0.3, 0.4) is 0 Å².